The van der Waals surface area contributed by atoms with E-state index in [0.29, 0.717) is 0 Å². The summed E-state index contributed by atoms with van der Waals surface area (Å²) < 4.78 is 27.4. The summed E-state index contributed by atoms with van der Waals surface area (Å²) in [6.45, 7) is 3.55. The van der Waals surface area contributed by atoms with Gasteiger partial charge in [-0.3, -0.25) is 4.79 Å². The molecule has 0 aliphatic heterocycles. The van der Waals surface area contributed by atoms with Crippen LogP contribution in [0.15, 0.2) is 17.2 Å². The molecule has 1 heterocycles. The van der Waals surface area contributed by atoms with E-state index < -0.39 is 16.0 Å². The molecule has 1 aromatic rings. The molecule has 0 aliphatic rings. The molecule has 0 radical (unpaired) electrons. The molecule has 1 amide bonds. The van der Waals surface area contributed by atoms with Crippen molar-refractivity contribution in [3.8, 4) is 0 Å². The molecule has 0 saturated carbocycles. The minimum absolute atomic E-state index is 0.00995. The lowest BCUT2D eigenvalue weighted by atomic mass is 10.3. The van der Waals surface area contributed by atoms with Gasteiger partial charge in [-0.25, -0.2) is 17.9 Å². The van der Waals surface area contributed by atoms with Gasteiger partial charge in [0.1, 0.15) is 10.6 Å². The molecule has 0 aromatic carbocycles. The number of hydrogen-bond donors (Lipinski definition) is 3. The Balaban J connectivity index is 2.68. The number of amides is 1. The Morgan fingerprint density at radius 1 is 1.38 bits per heavy atom. The van der Waals surface area contributed by atoms with Gasteiger partial charge in [-0.1, -0.05) is 0 Å². The molecular formula is C12H19N3O5S. The molecule has 0 spiro atoms. The van der Waals surface area contributed by atoms with Gasteiger partial charge in [0, 0.05) is 32.3 Å². The number of aromatic nitrogens is 1. The number of carboxylic acids is 1. The van der Waals surface area contributed by atoms with E-state index in [4.69, 9.17) is 5.11 Å². The fraction of sp³-hybridized carbons (Fsp3) is 0.500. The highest BCUT2D eigenvalue weighted by atomic mass is 32.2. The molecule has 21 heavy (non-hydrogen) atoms. The molecule has 1 rings (SSSR count). The molecule has 0 fully saturated rings. The van der Waals surface area contributed by atoms with Crippen molar-refractivity contribution < 1.29 is 23.1 Å². The molecule has 1 aromatic heterocycles. The third-order valence-electron chi connectivity index (χ3n) is 2.60. The van der Waals surface area contributed by atoms with Gasteiger partial charge in [-0.15, -0.1) is 0 Å². The first kappa shape index (κ1) is 17.2. The first-order chi connectivity index (χ1) is 9.63. The van der Waals surface area contributed by atoms with Gasteiger partial charge < -0.3 is 15.0 Å². The smallest absolute Gasteiger partial charge is 0.352 e. The van der Waals surface area contributed by atoms with Crippen molar-refractivity contribution in [1.82, 2.24) is 14.6 Å². The summed E-state index contributed by atoms with van der Waals surface area (Å²) in [5.74, 6) is -1.47. The summed E-state index contributed by atoms with van der Waals surface area (Å²) in [5.41, 5.74) is -0.132. The molecular weight excluding hydrogens is 298 g/mol. The molecule has 0 bridgehead atoms. The fourth-order valence-electron chi connectivity index (χ4n) is 1.67. The second kappa shape index (κ2) is 6.72. The molecule has 9 heteroatoms. The summed E-state index contributed by atoms with van der Waals surface area (Å²) in [4.78, 5) is 22.1. The van der Waals surface area contributed by atoms with Gasteiger partial charge in [0.15, 0.2) is 0 Å². The largest absolute Gasteiger partial charge is 0.477 e. The summed E-state index contributed by atoms with van der Waals surface area (Å²) in [7, 11) is -2.39. The van der Waals surface area contributed by atoms with Gasteiger partial charge in [0.25, 0.3) is 0 Å². The third-order valence-corrected chi connectivity index (χ3v) is 4.03. The monoisotopic (exact) mass is 317 g/mol. The van der Waals surface area contributed by atoms with Crippen LogP contribution in [0.1, 0.15) is 30.8 Å². The molecule has 8 nitrogen and oxygen atoms in total. The molecule has 0 aliphatic carbocycles. The van der Waals surface area contributed by atoms with E-state index in [-0.39, 0.29) is 35.5 Å². The van der Waals surface area contributed by atoms with Crippen molar-refractivity contribution in [3.05, 3.63) is 18.0 Å². The topological polar surface area (TPSA) is 118 Å². The zero-order valence-corrected chi connectivity index (χ0v) is 12.9. The van der Waals surface area contributed by atoms with E-state index in [1.54, 1.807) is 13.8 Å². The van der Waals surface area contributed by atoms with Crippen molar-refractivity contribution in [1.29, 1.82) is 0 Å². The number of nitrogens with zero attached hydrogens (tertiary/aromatic N) is 1. The standard InChI is InChI=1S/C12H19N3O5S/c1-8(2)14-11(16)4-5-13-21(19,20)9-6-10(12(17)18)15(3)7-9/h6-8,13H,4-5H2,1-3H3,(H,14,16)(H,17,18). The van der Waals surface area contributed by atoms with Crippen molar-refractivity contribution in [2.75, 3.05) is 6.54 Å². The number of sulfonamides is 1. The van der Waals surface area contributed by atoms with Crippen LogP contribution in [0.3, 0.4) is 0 Å². The zero-order valence-electron chi connectivity index (χ0n) is 12.1. The quantitative estimate of drug-likeness (QED) is 0.650. The van der Waals surface area contributed by atoms with Crippen molar-refractivity contribution in [2.45, 2.75) is 31.2 Å². The third kappa shape index (κ3) is 4.87. The first-order valence-corrected chi connectivity index (χ1v) is 7.80. The lowest BCUT2D eigenvalue weighted by molar-refractivity contribution is -0.121. The van der Waals surface area contributed by atoms with Crippen molar-refractivity contribution >= 4 is 21.9 Å². The summed E-state index contributed by atoms with van der Waals surface area (Å²) in [6, 6.07) is 1.06. The van der Waals surface area contributed by atoms with Gasteiger partial charge in [-0.2, -0.15) is 0 Å². The highest BCUT2D eigenvalue weighted by Gasteiger charge is 2.20. The average molecular weight is 317 g/mol. The minimum Gasteiger partial charge on any atom is -0.477 e. The molecule has 0 atom stereocenters. The maximum absolute atomic E-state index is 12.0. The Bertz CT molecular complexity index is 633. The van der Waals surface area contributed by atoms with Crippen LogP contribution in [-0.2, 0) is 21.9 Å². The van der Waals surface area contributed by atoms with Crippen LogP contribution in [0.5, 0.6) is 0 Å². The van der Waals surface area contributed by atoms with Crippen molar-refractivity contribution in [2.24, 2.45) is 7.05 Å². The van der Waals surface area contributed by atoms with E-state index >= 15 is 0 Å². The Morgan fingerprint density at radius 3 is 2.48 bits per heavy atom. The fourth-order valence-corrected chi connectivity index (χ4v) is 2.77. The molecule has 118 valence electrons. The SMILES string of the molecule is CC(C)NC(=O)CCNS(=O)(=O)c1cc(C(=O)O)n(C)c1. The Morgan fingerprint density at radius 2 is 2.00 bits per heavy atom. The maximum atomic E-state index is 12.0. The van der Waals surface area contributed by atoms with Gasteiger partial charge in [-0.05, 0) is 19.9 Å². The van der Waals surface area contributed by atoms with Crippen LogP contribution < -0.4 is 10.0 Å². The van der Waals surface area contributed by atoms with Crippen LogP contribution in [0.2, 0.25) is 0 Å². The first-order valence-electron chi connectivity index (χ1n) is 6.32. The number of carbonyl (C=O) groups is 2. The van der Waals surface area contributed by atoms with Crippen molar-refractivity contribution in [3.63, 3.8) is 0 Å². The Hall–Kier alpha value is -1.87. The number of rotatable bonds is 7. The zero-order chi connectivity index (χ0) is 16.2. The molecule has 0 saturated heterocycles. The summed E-state index contributed by atoms with van der Waals surface area (Å²) in [6.07, 6.45) is 1.22. The van der Waals surface area contributed by atoms with Gasteiger partial charge in [0.05, 0.1) is 0 Å². The predicted molar refractivity (Wildman–Crippen MR) is 75.5 cm³/mol. The summed E-state index contributed by atoms with van der Waals surface area (Å²) >= 11 is 0. The van der Waals surface area contributed by atoms with E-state index in [1.165, 1.54) is 17.8 Å². The summed E-state index contributed by atoms with van der Waals surface area (Å²) in [5, 5.41) is 11.5. The highest BCUT2D eigenvalue weighted by Crippen LogP contribution is 2.13. The average Bonchev–Trinajstić information content (AvgIpc) is 2.70. The number of aromatic carboxylic acids is 1. The second-order valence-corrected chi connectivity index (χ2v) is 6.61. The Labute approximate surface area is 123 Å². The Kier molecular flexibility index (Phi) is 5.50. The number of carbonyl (C=O) groups excluding carboxylic acids is 1. The van der Waals surface area contributed by atoms with E-state index in [1.807, 2.05) is 0 Å². The van der Waals surface area contributed by atoms with Crippen LogP contribution in [0.4, 0.5) is 0 Å². The second-order valence-electron chi connectivity index (χ2n) is 4.85. The lowest BCUT2D eigenvalue weighted by Gasteiger charge is -2.08. The number of nitrogens with one attached hydrogen (secondary N) is 2. The van der Waals surface area contributed by atoms with E-state index in [0.717, 1.165) is 6.07 Å². The van der Waals surface area contributed by atoms with E-state index in [9.17, 15) is 18.0 Å². The maximum Gasteiger partial charge on any atom is 0.352 e. The number of hydrogen-bond acceptors (Lipinski definition) is 4. The minimum atomic E-state index is -3.83. The molecule has 3 N–H and O–H groups in total. The number of aryl methyl sites for hydroxylation is 1. The van der Waals surface area contributed by atoms with E-state index in [2.05, 4.69) is 10.0 Å². The van der Waals surface area contributed by atoms with Gasteiger partial charge >= 0.3 is 5.97 Å². The highest BCUT2D eigenvalue weighted by molar-refractivity contribution is 7.89. The van der Waals surface area contributed by atoms with Crippen LogP contribution in [0, 0.1) is 0 Å². The predicted octanol–water partition coefficient (Wildman–Crippen LogP) is -0.0837. The molecule has 0 unspecified atom stereocenters. The van der Waals surface area contributed by atoms with Crippen LogP contribution in [0.25, 0.3) is 0 Å². The normalized spacial score (nSPS) is 11.6. The number of carboxylic acid groups (broad SMARTS) is 1. The van der Waals surface area contributed by atoms with Crippen LogP contribution >= 0.6 is 0 Å². The van der Waals surface area contributed by atoms with Gasteiger partial charge in [0.2, 0.25) is 15.9 Å². The lowest BCUT2D eigenvalue weighted by Crippen LogP contribution is -2.34. The van der Waals surface area contributed by atoms with Crippen LogP contribution in [-0.4, -0.2) is 42.6 Å².